The molecule has 0 unspecified atom stereocenters. The van der Waals surface area contributed by atoms with E-state index in [2.05, 4.69) is 0 Å². The second kappa shape index (κ2) is 6.21. The van der Waals surface area contributed by atoms with Gasteiger partial charge in [-0.25, -0.2) is 9.59 Å². The highest BCUT2D eigenvalue weighted by molar-refractivity contribution is 6.07. The van der Waals surface area contributed by atoms with Crippen molar-refractivity contribution in [3.63, 3.8) is 0 Å². The molecule has 0 fully saturated rings. The van der Waals surface area contributed by atoms with Crippen LogP contribution in [-0.4, -0.2) is 34.1 Å². The van der Waals surface area contributed by atoms with Crippen LogP contribution in [0.1, 0.15) is 41.4 Å². The van der Waals surface area contributed by atoms with Crippen molar-refractivity contribution in [2.24, 2.45) is 0 Å². The van der Waals surface area contributed by atoms with E-state index in [1.165, 1.54) is 12.1 Å². The maximum absolute atomic E-state index is 11.4. The van der Waals surface area contributed by atoms with Crippen LogP contribution in [0.2, 0.25) is 0 Å². The standard InChI is InChI=1S/C16H10O8/c17-13(18)8-4-7(5-9(6-8)14(19)20)10-2-1-3-11(15(21)22)12(10)16(23)24/h1-6H,(H,17,18)(H,19,20)(H,21,22)(H,23,24)/p-2. The zero-order valence-corrected chi connectivity index (χ0v) is 11.8. The van der Waals surface area contributed by atoms with Crippen molar-refractivity contribution < 1.29 is 39.6 Å². The predicted octanol–water partition coefficient (Wildman–Crippen LogP) is -0.523. The number of benzene rings is 2. The van der Waals surface area contributed by atoms with Gasteiger partial charge in [-0.2, -0.15) is 0 Å². The van der Waals surface area contributed by atoms with Crippen LogP contribution < -0.4 is 10.2 Å². The van der Waals surface area contributed by atoms with Crippen LogP contribution in [0, 0.1) is 0 Å². The van der Waals surface area contributed by atoms with Crippen LogP contribution >= 0.6 is 0 Å². The SMILES string of the molecule is O=C([O-])c1cc(C(=O)[O-])cc(-c2cccc(C(=O)O)c2C(=O)O)c1. The van der Waals surface area contributed by atoms with Crippen LogP contribution in [-0.2, 0) is 0 Å². The topological polar surface area (TPSA) is 155 Å². The van der Waals surface area contributed by atoms with Gasteiger partial charge in [0, 0.05) is 0 Å². The Morgan fingerprint density at radius 1 is 0.792 bits per heavy atom. The Morgan fingerprint density at radius 3 is 1.75 bits per heavy atom. The first kappa shape index (κ1) is 16.7. The third-order valence-corrected chi connectivity index (χ3v) is 3.22. The number of rotatable bonds is 5. The molecule has 0 aliphatic heterocycles. The number of carbonyl (C=O) groups is 4. The lowest BCUT2D eigenvalue weighted by atomic mass is 9.93. The van der Waals surface area contributed by atoms with E-state index < -0.39 is 46.1 Å². The summed E-state index contributed by atoms with van der Waals surface area (Å²) < 4.78 is 0. The molecule has 2 aromatic carbocycles. The van der Waals surface area contributed by atoms with Gasteiger partial charge in [-0.15, -0.1) is 0 Å². The molecule has 0 spiro atoms. The molecule has 2 N–H and O–H groups in total. The molecule has 0 aromatic heterocycles. The zero-order valence-electron chi connectivity index (χ0n) is 11.8. The first-order chi connectivity index (χ1) is 11.2. The van der Waals surface area contributed by atoms with Gasteiger partial charge >= 0.3 is 11.9 Å². The number of carboxylic acids is 4. The fourth-order valence-corrected chi connectivity index (χ4v) is 2.22. The quantitative estimate of drug-likeness (QED) is 0.742. The summed E-state index contributed by atoms with van der Waals surface area (Å²) in [7, 11) is 0. The van der Waals surface area contributed by atoms with Crippen LogP contribution in [0.15, 0.2) is 36.4 Å². The minimum atomic E-state index is -1.68. The molecular weight excluding hydrogens is 320 g/mol. The highest BCUT2D eigenvalue weighted by Crippen LogP contribution is 2.28. The molecule has 122 valence electrons. The van der Waals surface area contributed by atoms with Crippen LogP contribution in [0.3, 0.4) is 0 Å². The Labute approximate surface area is 134 Å². The minimum Gasteiger partial charge on any atom is -0.545 e. The van der Waals surface area contributed by atoms with Crippen molar-refractivity contribution in [2.75, 3.05) is 0 Å². The van der Waals surface area contributed by atoms with E-state index >= 15 is 0 Å². The van der Waals surface area contributed by atoms with E-state index in [9.17, 15) is 34.5 Å². The van der Waals surface area contributed by atoms with E-state index in [1.807, 2.05) is 0 Å². The maximum atomic E-state index is 11.4. The van der Waals surface area contributed by atoms with Gasteiger partial charge in [-0.3, -0.25) is 0 Å². The Kier molecular flexibility index (Phi) is 4.32. The van der Waals surface area contributed by atoms with E-state index in [0.717, 1.165) is 24.3 Å². The summed E-state index contributed by atoms with van der Waals surface area (Å²) in [4.78, 5) is 44.7. The van der Waals surface area contributed by atoms with Gasteiger partial charge in [0.25, 0.3) is 0 Å². The summed E-state index contributed by atoms with van der Waals surface area (Å²) in [6.45, 7) is 0. The summed E-state index contributed by atoms with van der Waals surface area (Å²) in [6, 6.07) is 6.36. The van der Waals surface area contributed by atoms with Crippen molar-refractivity contribution in [1.82, 2.24) is 0 Å². The van der Waals surface area contributed by atoms with E-state index in [1.54, 1.807) is 0 Å². The fraction of sp³-hybridized carbons (Fsp3) is 0. The van der Waals surface area contributed by atoms with Gasteiger partial charge in [0.05, 0.1) is 23.1 Å². The maximum Gasteiger partial charge on any atom is 0.337 e. The molecule has 24 heavy (non-hydrogen) atoms. The Hall–Kier alpha value is -3.68. The van der Waals surface area contributed by atoms with Crippen molar-refractivity contribution in [3.05, 3.63) is 58.7 Å². The smallest absolute Gasteiger partial charge is 0.337 e. The zero-order chi connectivity index (χ0) is 18.0. The van der Waals surface area contributed by atoms with E-state index in [4.69, 9.17) is 5.11 Å². The Bertz CT molecular complexity index is 849. The summed E-state index contributed by atoms with van der Waals surface area (Å²) in [5, 5.41) is 40.4. The number of carbonyl (C=O) groups excluding carboxylic acids is 2. The average Bonchev–Trinajstić information content (AvgIpc) is 2.53. The minimum absolute atomic E-state index is 0.101. The van der Waals surface area contributed by atoms with Crippen LogP contribution in [0.25, 0.3) is 11.1 Å². The van der Waals surface area contributed by atoms with Gasteiger partial charge in [-0.05, 0) is 46.5 Å². The average molecular weight is 328 g/mol. The molecule has 0 saturated carbocycles. The monoisotopic (exact) mass is 328 g/mol. The van der Waals surface area contributed by atoms with Gasteiger partial charge in [0.15, 0.2) is 0 Å². The van der Waals surface area contributed by atoms with Crippen LogP contribution in [0.4, 0.5) is 0 Å². The van der Waals surface area contributed by atoms with Gasteiger partial charge < -0.3 is 30.0 Å². The molecule has 0 atom stereocenters. The molecule has 2 rings (SSSR count). The number of carboxylic acid groups (broad SMARTS) is 4. The molecule has 2 aromatic rings. The molecular formula is C16H8O8-2. The first-order valence-electron chi connectivity index (χ1n) is 6.40. The second-order valence-electron chi connectivity index (χ2n) is 4.71. The van der Waals surface area contributed by atoms with E-state index in [-0.39, 0.29) is 11.1 Å². The van der Waals surface area contributed by atoms with Crippen molar-refractivity contribution in [1.29, 1.82) is 0 Å². The fourth-order valence-electron chi connectivity index (χ4n) is 2.22. The van der Waals surface area contributed by atoms with Crippen molar-refractivity contribution in [3.8, 4) is 11.1 Å². The largest absolute Gasteiger partial charge is 0.545 e. The highest BCUT2D eigenvalue weighted by Gasteiger charge is 2.21. The molecule has 0 amide bonds. The molecule has 0 radical (unpaired) electrons. The summed E-state index contributed by atoms with van der Waals surface area (Å²) >= 11 is 0. The first-order valence-corrected chi connectivity index (χ1v) is 6.40. The molecule has 0 saturated heterocycles. The number of hydrogen-bond donors (Lipinski definition) is 2. The summed E-state index contributed by atoms with van der Waals surface area (Å²) in [5.41, 5.74) is -2.38. The molecule has 0 aliphatic rings. The molecule has 8 heteroatoms. The van der Waals surface area contributed by atoms with Gasteiger partial charge in [-0.1, -0.05) is 12.1 Å². The van der Waals surface area contributed by atoms with Crippen LogP contribution in [0.5, 0.6) is 0 Å². The second-order valence-corrected chi connectivity index (χ2v) is 4.71. The molecule has 0 aliphatic carbocycles. The highest BCUT2D eigenvalue weighted by atomic mass is 16.4. The Balaban J connectivity index is 2.83. The summed E-state index contributed by atoms with van der Waals surface area (Å²) in [6.07, 6.45) is 0. The molecule has 0 heterocycles. The summed E-state index contributed by atoms with van der Waals surface area (Å²) in [5.74, 6) is -6.40. The lowest BCUT2D eigenvalue weighted by Crippen LogP contribution is -2.25. The van der Waals surface area contributed by atoms with Crippen molar-refractivity contribution in [2.45, 2.75) is 0 Å². The molecule has 0 bridgehead atoms. The lowest BCUT2D eigenvalue weighted by Gasteiger charge is -2.14. The normalized spacial score (nSPS) is 10.2. The third-order valence-electron chi connectivity index (χ3n) is 3.22. The Morgan fingerprint density at radius 2 is 1.33 bits per heavy atom. The van der Waals surface area contributed by atoms with Crippen molar-refractivity contribution >= 4 is 23.9 Å². The van der Waals surface area contributed by atoms with Gasteiger partial charge in [0.1, 0.15) is 0 Å². The third kappa shape index (κ3) is 3.07. The van der Waals surface area contributed by atoms with Gasteiger partial charge in [0.2, 0.25) is 0 Å². The number of aromatic carboxylic acids is 4. The predicted molar refractivity (Wildman–Crippen MR) is 74.5 cm³/mol. The molecule has 8 nitrogen and oxygen atoms in total. The lowest BCUT2D eigenvalue weighted by molar-refractivity contribution is -0.255. The van der Waals surface area contributed by atoms with E-state index in [0.29, 0.717) is 0 Å². The number of hydrogen-bond acceptors (Lipinski definition) is 6.